The SMILES string of the molecule is CC(=O)N1CCc2cc(N[C@H](C)C(=O)Nc3cccc(Br)c3)ccc21. The third kappa shape index (κ3) is 4.02. The van der Waals surface area contributed by atoms with Gasteiger partial charge in [-0.25, -0.2) is 0 Å². The summed E-state index contributed by atoms with van der Waals surface area (Å²) in [6.45, 7) is 4.12. The lowest BCUT2D eigenvalue weighted by molar-refractivity contribution is -0.117. The minimum Gasteiger partial charge on any atom is -0.374 e. The number of hydrogen-bond donors (Lipinski definition) is 2. The van der Waals surface area contributed by atoms with Gasteiger partial charge in [0, 0.05) is 35.0 Å². The normalized spacial score (nSPS) is 14.0. The first kappa shape index (κ1) is 17.5. The molecule has 2 aromatic rings. The Morgan fingerprint density at radius 3 is 2.68 bits per heavy atom. The first-order valence-electron chi connectivity index (χ1n) is 8.18. The highest BCUT2D eigenvalue weighted by Crippen LogP contribution is 2.30. The fourth-order valence-corrected chi connectivity index (χ4v) is 3.35. The zero-order chi connectivity index (χ0) is 18.0. The van der Waals surface area contributed by atoms with Gasteiger partial charge in [0.05, 0.1) is 0 Å². The molecule has 1 aliphatic heterocycles. The maximum atomic E-state index is 12.4. The average Bonchev–Trinajstić information content (AvgIpc) is 2.98. The van der Waals surface area contributed by atoms with E-state index < -0.39 is 0 Å². The molecule has 2 N–H and O–H groups in total. The number of carbonyl (C=O) groups is 2. The van der Waals surface area contributed by atoms with E-state index in [1.165, 1.54) is 0 Å². The van der Waals surface area contributed by atoms with E-state index in [1.54, 1.807) is 11.8 Å². The van der Waals surface area contributed by atoms with E-state index in [1.807, 2.05) is 49.4 Å². The third-order valence-electron chi connectivity index (χ3n) is 4.22. The summed E-state index contributed by atoms with van der Waals surface area (Å²) >= 11 is 3.39. The van der Waals surface area contributed by atoms with Gasteiger partial charge in [0.15, 0.2) is 0 Å². The van der Waals surface area contributed by atoms with Gasteiger partial charge in [-0.15, -0.1) is 0 Å². The van der Waals surface area contributed by atoms with Crippen LogP contribution in [0.5, 0.6) is 0 Å². The predicted molar refractivity (Wildman–Crippen MR) is 104 cm³/mol. The number of amides is 2. The Morgan fingerprint density at radius 2 is 1.96 bits per heavy atom. The minimum atomic E-state index is -0.387. The molecule has 1 aliphatic rings. The second-order valence-corrected chi connectivity index (χ2v) is 7.05. The maximum absolute atomic E-state index is 12.4. The second kappa shape index (κ2) is 7.27. The van der Waals surface area contributed by atoms with Crippen molar-refractivity contribution in [1.29, 1.82) is 0 Å². The summed E-state index contributed by atoms with van der Waals surface area (Å²) in [6, 6.07) is 13.0. The van der Waals surface area contributed by atoms with Crippen molar-refractivity contribution < 1.29 is 9.59 Å². The molecule has 1 heterocycles. The summed E-state index contributed by atoms with van der Waals surface area (Å²) in [4.78, 5) is 25.8. The molecule has 3 rings (SSSR count). The van der Waals surface area contributed by atoms with E-state index in [0.29, 0.717) is 6.54 Å². The highest BCUT2D eigenvalue weighted by atomic mass is 79.9. The zero-order valence-corrected chi connectivity index (χ0v) is 15.8. The smallest absolute Gasteiger partial charge is 0.246 e. The standard InChI is InChI=1S/C19H20BrN3O2/c1-12(19(25)22-16-5-3-4-15(20)11-16)21-17-6-7-18-14(10-17)8-9-23(18)13(2)24/h3-7,10-12,21H,8-9H2,1-2H3,(H,22,25)/t12-/m1/s1. The van der Waals surface area contributed by atoms with E-state index >= 15 is 0 Å². The largest absolute Gasteiger partial charge is 0.374 e. The van der Waals surface area contributed by atoms with Crippen molar-refractivity contribution in [3.05, 3.63) is 52.5 Å². The number of nitrogens with one attached hydrogen (secondary N) is 2. The Bertz CT molecular complexity index is 822. The summed E-state index contributed by atoms with van der Waals surface area (Å²) < 4.78 is 0.916. The number of halogens is 1. The molecule has 2 amide bonds. The van der Waals surface area contributed by atoms with Crippen LogP contribution in [0.15, 0.2) is 46.9 Å². The monoisotopic (exact) mass is 401 g/mol. The highest BCUT2D eigenvalue weighted by molar-refractivity contribution is 9.10. The number of rotatable bonds is 4. The van der Waals surface area contributed by atoms with Crippen molar-refractivity contribution in [3.8, 4) is 0 Å². The average molecular weight is 402 g/mol. The number of benzene rings is 2. The minimum absolute atomic E-state index is 0.0567. The highest BCUT2D eigenvalue weighted by Gasteiger charge is 2.22. The van der Waals surface area contributed by atoms with Crippen LogP contribution >= 0.6 is 15.9 Å². The van der Waals surface area contributed by atoms with Crippen molar-refractivity contribution in [3.63, 3.8) is 0 Å². The molecule has 1 atom stereocenters. The molecule has 130 valence electrons. The van der Waals surface area contributed by atoms with Gasteiger partial charge in [-0.3, -0.25) is 9.59 Å². The Balaban J connectivity index is 1.66. The first-order chi connectivity index (χ1) is 11.9. The van der Waals surface area contributed by atoms with Crippen LogP contribution in [0.4, 0.5) is 17.1 Å². The van der Waals surface area contributed by atoms with Crippen LogP contribution in [-0.4, -0.2) is 24.4 Å². The Kier molecular flexibility index (Phi) is 5.08. The molecule has 0 bridgehead atoms. The Morgan fingerprint density at radius 1 is 1.16 bits per heavy atom. The summed E-state index contributed by atoms with van der Waals surface area (Å²) in [7, 11) is 0. The van der Waals surface area contributed by atoms with Gasteiger partial charge < -0.3 is 15.5 Å². The summed E-state index contributed by atoms with van der Waals surface area (Å²) in [5.74, 6) is -0.0508. The van der Waals surface area contributed by atoms with Crippen LogP contribution < -0.4 is 15.5 Å². The van der Waals surface area contributed by atoms with Crippen LogP contribution in [0.2, 0.25) is 0 Å². The number of nitrogens with zero attached hydrogens (tertiary/aromatic N) is 1. The Hall–Kier alpha value is -2.34. The zero-order valence-electron chi connectivity index (χ0n) is 14.2. The van der Waals surface area contributed by atoms with Crippen LogP contribution in [0.1, 0.15) is 19.4 Å². The number of anilines is 3. The van der Waals surface area contributed by atoms with E-state index in [2.05, 4.69) is 26.6 Å². The number of fused-ring (bicyclic) bond motifs is 1. The van der Waals surface area contributed by atoms with Crippen LogP contribution in [-0.2, 0) is 16.0 Å². The molecule has 0 aliphatic carbocycles. The molecular weight excluding hydrogens is 382 g/mol. The summed E-state index contributed by atoms with van der Waals surface area (Å²) in [5.41, 5.74) is 3.71. The molecule has 0 unspecified atom stereocenters. The van der Waals surface area contributed by atoms with E-state index in [-0.39, 0.29) is 17.9 Å². The van der Waals surface area contributed by atoms with Gasteiger partial charge in [-0.05, 0) is 55.3 Å². The van der Waals surface area contributed by atoms with Crippen LogP contribution in [0, 0.1) is 0 Å². The molecule has 0 fully saturated rings. The quantitative estimate of drug-likeness (QED) is 0.818. The maximum Gasteiger partial charge on any atom is 0.246 e. The molecule has 2 aromatic carbocycles. The van der Waals surface area contributed by atoms with Gasteiger partial charge in [0.2, 0.25) is 11.8 Å². The predicted octanol–water partition coefficient (Wildman–Crippen LogP) is 3.80. The molecule has 5 nitrogen and oxygen atoms in total. The number of carbonyl (C=O) groups excluding carboxylic acids is 2. The molecule has 0 radical (unpaired) electrons. The fraction of sp³-hybridized carbons (Fsp3) is 0.263. The van der Waals surface area contributed by atoms with Crippen molar-refractivity contribution in [2.45, 2.75) is 26.3 Å². The van der Waals surface area contributed by atoms with E-state index in [4.69, 9.17) is 0 Å². The third-order valence-corrected chi connectivity index (χ3v) is 4.72. The molecule has 25 heavy (non-hydrogen) atoms. The van der Waals surface area contributed by atoms with E-state index in [0.717, 1.165) is 33.5 Å². The van der Waals surface area contributed by atoms with Gasteiger partial charge >= 0.3 is 0 Å². The molecule has 0 aromatic heterocycles. The molecule has 0 spiro atoms. The molecule has 0 saturated carbocycles. The fourth-order valence-electron chi connectivity index (χ4n) is 2.95. The number of hydrogen-bond acceptors (Lipinski definition) is 3. The van der Waals surface area contributed by atoms with Gasteiger partial charge in [0.1, 0.15) is 6.04 Å². The van der Waals surface area contributed by atoms with Gasteiger partial charge in [0.25, 0.3) is 0 Å². The lowest BCUT2D eigenvalue weighted by Gasteiger charge is -2.18. The van der Waals surface area contributed by atoms with Gasteiger partial charge in [-0.2, -0.15) is 0 Å². The van der Waals surface area contributed by atoms with Crippen molar-refractivity contribution >= 4 is 44.8 Å². The van der Waals surface area contributed by atoms with E-state index in [9.17, 15) is 9.59 Å². The summed E-state index contributed by atoms with van der Waals surface area (Å²) in [6.07, 6.45) is 0.836. The Labute approximate surface area is 155 Å². The van der Waals surface area contributed by atoms with Crippen molar-refractivity contribution in [2.75, 3.05) is 22.1 Å². The van der Waals surface area contributed by atoms with Crippen LogP contribution in [0.25, 0.3) is 0 Å². The molecule has 6 heteroatoms. The van der Waals surface area contributed by atoms with Gasteiger partial charge in [-0.1, -0.05) is 22.0 Å². The summed E-state index contributed by atoms with van der Waals surface area (Å²) in [5, 5.41) is 6.12. The van der Waals surface area contributed by atoms with Crippen molar-refractivity contribution in [2.24, 2.45) is 0 Å². The molecule has 0 saturated heterocycles. The topological polar surface area (TPSA) is 61.4 Å². The first-order valence-corrected chi connectivity index (χ1v) is 8.97. The van der Waals surface area contributed by atoms with Crippen molar-refractivity contribution in [1.82, 2.24) is 0 Å². The van der Waals surface area contributed by atoms with Crippen LogP contribution in [0.3, 0.4) is 0 Å². The lowest BCUT2D eigenvalue weighted by atomic mass is 10.1. The lowest BCUT2D eigenvalue weighted by Crippen LogP contribution is -2.31. The second-order valence-electron chi connectivity index (χ2n) is 6.13. The molecular formula is C19H20BrN3O2.